The van der Waals surface area contributed by atoms with Crippen LogP contribution in [-0.4, -0.2) is 16.2 Å². The lowest BCUT2D eigenvalue weighted by Gasteiger charge is -2.11. The minimum Gasteiger partial charge on any atom is -0.261 e. The smallest absolute Gasteiger partial charge is 0.158 e. The molecule has 0 saturated carbocycles. The number of fused-ring (bicyclic) bond motifs is 3. The number of nitrogens with zero attached hydrogens (tertiary/aromatic N) is 3. The Balaban J connectivity index is 1.65. The van der Waals surface area contributed by atoms with E-state index in [1.165, 1.54) is 23.3 Å². The summed E-state index contributed by atoms with van der Waals surface area (Å²) in [6.07, 6.45) is 8.22. The van der Waals surface area contributed by atoms with Crippen LogP contribution < -0.4 is 5.43 Å². The topological polar surface area (TPSA) is 50.2 Å². The SMILES string of the molecule is Brc1cccc(/C=N\Nc2ncnc3sc4c(c23)CCCC4)c1. The van der Waals surface area contributed by atoms with Gasteiger partial charge in [-0.3, -0.25) is 5.43 Å². The van der Waals surface area contributed by atoms with Crippen LogP contribution >= 0.6 is 27.3 Å². The number of aryl methyl sites for hydroxylation is 2. The van der Waals surface area contributed by atoms with Gasteiger partial charge in [-0.2, -0.15) is 5.10 Å². The van der Waals surface area contributed by atoms with Crippen molar-refractivity contribution < 1.29 is 0 Å². The van der Waals surface area contributed by atoms with Crippen molar-refractivity contribution in [1.82, 2.24) is 9.97 Å². The van der Waals surface area contributed by atoms with Crippen LogP contribution in [0.5, 0.6) is 0 Å². The summed E-state index contributed by atoms with van der Waals surface area (Å²) in [6.45, 7) is 0. The largest absolute Gasteiger partial charge is 0.261 e. The second-order valence-corrected chi connectivity index (χ2v) is 7.54. The number of hydrogen-bond donors (Lipinski definition) is 1. The van der Waals surface area contributed by atoms with Gasteiger partial charge in [-0.15, -0.1) is 11.3 Å². The van der Waals surface area contributed by atoms with Crippen LogP contribution in [0.15, 0.2) is 40.2 Å². The van der Waals surface area contributed by atoms with Crippen molar-refractivity contribution in [3.63, 3.8) is 0 Å². The molecule has 2 heterocycles. The highest BCUT2D eigenvalue weighted by Gasteiger charge is 2.19. The van der Waals surface area contributed by atoms with E-state index >= 15 is 0 Å². The lowest BCUT2D eigenvalue weighted by atomic mass is 9.97. The molecule has 4 nitrogen and oxygen atoms in total. The van der Waals surface area contributed by atoms with E-state index in [-0.39, 0.29) is 0 Å². The molecule has 0 saturated heterocycles. The number of nitrogens with one attached hydrogen (secondary N) is 1. The lowest BCUT2D eigenvalue weighted by Crippen LogP contribution is -2.00. The first kappa shape index (κ1) is 14.8. The van der Waals surface area contributed by atoms with Crippen LogP contribution in [0.25, 0.3) is 10.2 Å². The van der Waals surface area contributed by atoms with Crippen LogP contribution in [0.2, 0.25) is 0 Å². The molecule has 1 aliphatic rings. The van der Waals surface area contributed by atoms with Crippen molar-refractivity contribution in [2.24, 2.45) is 5.10 Å². The van der Waals surface area contributed by atoms with Gasteiger partial charge in [-0.25, -0.2) is 9.97 Å². The Morgan fingerprint density at radius 2 is 2.13 bits per heavy atom. The van der Waals surface area contributed by atoms with Crippen LogP contribution in [0.3, 0.4) is 0 Å². The average Bonchev–Trinajstić information content (AvgIpc) is 2.94. The number of benzene rings is 1. The van der Waals surface area contributed by atoms with Gasteiger partial charge in [0, 0.05) is 9.35 Å². The molecule has 0 bridgehead atoms. The number of hydrazone groups is 1. The third-order valence-corrected chi connectivity index (χ3v) is 5.68. The predicted octanol–water partition coefficient (Wildman–Crippen LogP) is 4.78. The zero-order chi connectivity index (χ0) is 15.6. The highest BCUT2D eigenvalue weighted by Crippen LogP contribution is 2.38. The summed E-state index contributed by atoms with van der Waals surface area (Å²) in [5, 5.41) is 5.50. The summed E-state index contributed by atoms with van der Waals surface area (Å²) >= 11 is 5.26. The lowest BCUT2D eigenvalue weighted by molar-refractivity contribution is 0.700. The molecule has 0 unspecified atom stereocenters. The molecule has 3 aromatic rings. The third kappa shape index (κ3) is 3.01. The van der Waals surface area contributed by atoms with E-state index in [9.17, 15) is 0 Å². The fraction of sp³-hybridized carbons (Fsp3) is 0.235. The zero-order valence-electron chi connectivity index (χ0n) is 12.4. The Labute approximate surface area is 146 Å². The van der Waals surface area contributed by atoms with E-state index in [1.807, 2.05) is 24.3 Å². The van der Waals surface area contributed by atoms with E-state index in [4.69, 9.17) is 0 Å². The Kier molecular flexibility index (Phi) is 4.10. The van der Waals surface area contributed by atoms with Crippen LogP contribution in [0.1, 0.15) is 28.8 Å². The Bertz CT molecular complexity index is 887. The summed E-state index contributed by atoms with van der Waals surface area (Å²) in [5.41, 5.74) is 5.55. The van der Waals surface area contributed by atoms with Crippen LogP contribution in [0.4, 0.5) is 5.82 Å². The molecule has 0 radical (unpaired) electrons. The standard InChI is InChI=1S/C17H15BrN4S/c18-12-5-3-4-11(8-12)9-21-22-16-15-13-6-1-2-7-14(13)23-17(15)20-10-19-16/h3-5,8-10H,1-2,6-7H2,(H,19,20,22)/b21-9-. The van der Waals surface area contributed by atoms with Gasteiger partial charge in [-0.1, -0.05) is 28.1 Å². The van der Waals surface area contributed by atoms with Crippen molar-refractivity contribution in [1.29, 1.82) is 0 Å². The number of halogens is 1. The van der Waals surface area contributed by atoms with E-state index in [0.29, 0.717) is 0 Å². The fourth-order valence-electron chi connectivity index (χ4n) is 2.93. The molecule has 0 atom stereocenters. The third-order valence-electron chi connectivity index (χ3n) is 3.98. The molecule has 0 fully saturated rings. The van der Waals surface area contributed by atoms with Crippen molar-refractivity contribution in [2.75, 3.05) is 5.43 Å². The van der Waals surface area contributed by atoms with E-state index in [0.717, 1.165) is 38.9 Å². The summed E-state index contributed by atoms with van der Waals surface area (Å²) in [7, 11) is 0. The summed E-state index contributed by atoms with van der Waals surface area (Å²) in [6, 6.07) is 8.02. The van der Waals surface area contributed by atoms with Crippen molar-refractivity contribution in [2.45, 2.75) is 25.7 Å². The van der Waals surface area contributed by atoms with Gasteiger partial charge >= 0.3 is 0 Å². The number of anilines is 1. The monoisotopic (exact) mass is 386 g/mol. The maximum Gasteiger partial charge on any atom is 0.158 e. The Hall–Kier alpha value is -1.79. The maximum atomic E-state index is 4.43. The van der Waals surface area contributed by atoms with Gasteiger partial charge in [0.2, 0.25) is 0 Å². The molecule has 1 aliphatic carbocycles. The number of thiophene rings is 1. The van der Waals surface area contributed by atoms with Crippen molar-refractivity contribution in [3.8, 4) is 0 Å². The Morgan fingerprint density at radius 3 is 3.04 bits per heavy atom. The summed E-state index contributed by atoms with van der Waals surface area (Å²) < 4.78 is 1.04. The molecule has 2 aromatic heterocycles. The summed E-state index contributed by atoms with van der Waals surface area (Å²) in [4.78, 5) is 11.4. The second-order valence-electron chi connectivity index (χ2n) is 5.54. The minimum atomic E-state index is 0.806. The normalized spacial score (nSPS) is 14.3. The van der Waals surface area contributed by atoms with Gasteiger partial charge in [0.05, 0.1) is 11.6 Å². The molecular weight excluding hydrogens is 372 g/mol. The number of hydrogen-bond acceptors (Lipinski definition) is 5. The first-order valence-corrected chi connectivity index (χ1v) is 9.22. The minimum absolute atomic E-state index is 0.806. The van der Waals surface area contributed by atoms with Gasteiger partial charge in [0.25, 0.3) is 0 Å². The highest BCUT2D eigenvalue weighted by atomic mass is 79.9. The maximum absolute atomic E-state index is 4.43. The number of aromatic nitrogens is 2. The van der Waals surface area contributed by atoms with E-state index in [1.54, 1.807) is 23.9 Å². The number of rotatable bonds is 3. The Morgan fingerprint density at radius 1 is 1.22 bits per heavy atom. The molecule has 1 N–H and O–H groups in total. The molecule has 0 aliphatic heterocycles. The van der Waals surface area contributed by atoms with Crippen LogP contribution in [0, 0.1) is 0 Å². The molecule has 116 valence electrons. The van der Waals surface area contributed by atoms with Gasteiger partial charge in [0.15, 0.2) is 5.82 Å². The van der Waals surface area contributed by atoms with Crippen LogP contribution in [-0.2, 0) is 12.8 Å². The first-order valence-electron chi connectivity index (χ1n) is 7.61. The van der Waals surface area contributed by atoms with Gasteiger partial charge in [-0.05, 0) is 48.9 Å². The average molecular weight is 387 g/mol. The van der Waals surface area contributed by atoms with Crippen molar-refractivity contribution >= 4 is 49.5 Å². The second kappa shape index (κ2) is 6.37. The summed E-state index contributed by atoms with van der Waals surface area (Å²) in [5.74, 6) is 0.806. The zero-order valence-corrected chi connectivity index (χ0v) is 14.8. The molecule has 6 heteroatoms. The molecule has 1 aromatic carbocycles. The van der Waals surface area contributed by atoms with Gasteiger partial charge in [0.1, 0.15) is 11.2 Å². The molecule has 23 heavy (non-hydrogen) atoms. The molecule has 0 amide bonds. The molecule has 4 rings (SSSR count). The first-order chi connectivity index (χ1) is 11.3. The molecule has 0 spiro atoms. The fourth-order valence-corrected chi connectivity index (χ4v) is 4.58. The predicted molar refractivity (Wildman–Crippen MR) is 99.4 cm³/mol. The van der Waals surface area contributed by atoms with E-state index in [2.05, 4.69) is 36.4 Å². The van der Waals surface area contributed by atoms with Gasteiger partial charge < -0.3 is 0 Å². The quantitative estimate of drug-likeness (QED) is 0.520. The van der Waals surface area contributed by atoms with E-state index < -0.39 is 0 Å². The highest BCUT2D eigenvalue weighted by molar-refractivity contribution is 9.10. The molecular formula is C17H15BrN4S. The van der Waals surface area contributed by atoms with Crippen molar-refractivity contribution in [3.05, 3.63) is 51.1 Å².